The lowest BCUT2D eigenvalue weighted by Gasteiger charge is -2.14. The Kier molecular flexibility index (Phi) is 4.73. The predicted octanol–water partition coefficient (Wildman–Crippen LogP) is 3.40. The Morgan fingerprint density at radius 2 is 1.95 bits per heavy atom. The van der Waals surface area contributed by atoms with Gasteiger partial charge in [-0.3, -0.25) is 4.68 Å². The van der Waals surface area contributed by atoms with E-state index in [-0.39, 0.29) is 12.0 Å². The van der Waals surface area contributed by atoms with Gasteiger partial charge in [0.05, 0.1) is 15.9 Å². The van der Waals surface area contributed by atoms with Gasteiger partial charge in [0.25, 0.3) is 0 Å². The highest BCUT2D eigenvalue weighted by atomic mass is 79.9. The molecule has 0 saturated heterocycles. The van der Waals surface area contributed by atoms with Crippen LogP contribution in [0, 0.1) is 17.5 Å². The third-order valence-electron chi connectivity index (χ3n) is 3.38. The van der Waals surface area contributed by atoms with Gasteiger partial charge in [0.1, 0.15) is 0 Å². The number of aryl methyl sites for hydroxylation is 2. The molecule has 7 heteroatoms. The Labute approximate surface area is 129 Å². The lowest BCUT2D eigenvalue weighted by atomic mass is 10.0. The van der Waals surface area contributed by atoms with Crippen molar-refractivity contribution < 1.29 is 13.2 Å². The fraction of sp³-hybridized carbons (Fsp3) is 0.357. The fourth-order valence-corrected chi connectivity index (χ4v) is 2.97. The normalized spacial score (nSPS) is 12.7. The molecule has 1 heterocycles. The first-order chi connectivity index (χ1) is 9.86. The maximum absolute atomic E-state index is 13.8. The van der Waals surface area contributed by atoms with E-state index in [4.69, 9.17) is 5.73 Å². The first-order valence-corrected chi connectivity index (χ1v) is 7.25. The monoisotopic (exact) mass is 361 g/mol. The Morgan fingerprint density at radius 3 is 2.52 bits per heavy atom. The second-order valence-corrected chi connectivity index (χ2v) is 5.55. The minimum absolute atomic E-state index is 0.0555. The van der Waals surface area contributed by atoms with Gasteiger partial charge in [-0.05, 0) is 28.4 Å². The Hall–Kier alpha value is -1.34. The highest BCUT2D eigenvalue weighted by Gasteiger charge is 2.21. The van der Waals surface area contributed by atoms with Crippen LogP contribution in [-0.4, -0.2) is 9.78 Å². The van der Waals surface area contributed by atoms with Crippen molar-refractivity contribution in [3.05, 3.63) is 51.0 Å². The first kappa shape index (κ1) is 16.0. The first-order valence-electron chi connectivity index (χ1n) is 6.46. The molecule has 0 bridgehead atoms. The van der Waals surface area contributed by atoms with Gasteiger partial charge in [-0.25, -0.2) is 13.2 Å². The maximum Gasteiger partial charge on any atom is 0.194 e. The lowest BCUT2D eigenvalue weighted by molar-refractivity contribution is 0.434. The SMILES string of the molecule is CCc1nn(C)c(CC(N)c2ccc(F)c(F)c2F)c1Br. The van der Waals surface area contributed by atoms with Crippen molar-refractivity contribution in [2.24, 2.45) is 12.8 Å². The van der Waals surface area contributed by atoms with Crippen LogP contribution in [0.4, 0.5) is 13.2 Å². The number of nitrogens with two attached hydrogens (primary N) is 1. The summed E-state index contributed by atoms with van der Waals surface area (Å²) in [6, 6.07) is 1.25. The molecule has 0 saturated carbocycles. The molecule has 1 aromatic carbocycles. The summed E-state index contributed by atoms with van der Waals surface area (Å²) in [6.07, 6.45) is 0.995. The van der Waals surface area contributed by atoms with Gasteiger partial charge >= 0.3 is 0 Å². The molecular formula is C14H15BrF3N3. The number of halogens is 4. The van der Waals surface area contributed by atoms with Gasteiger partial charge < -0.3 is 5.73 Å². The molecule has 21 heavy (non-hydrogen) atoms. The summed E-state index contributed by atoms with van der Waals surface area (Å²) in [5.41, 5.74) is 7.54. The van der Waals surface area contributed by atoms with E-state index in [9.17, 15) is 13.2 Å². The molecule has 0 radical (unpaired) electrons. The maximum atomic E-state index is 13.8. The van der Waals surface area contributed by atoms with E-state index in [1.807, 2.05) is 6.92 Å². The van der Waals surface area contributed by atoms with Crippen molar-refractivity contribution in [2.75, 3.05) is 0 Å². The van der Waals surface area contributed by atoms with Crippen LogP contribution in [-0.2, 0) is 19.9 Å². The van der Waals surface area contributed by atoms with Crippen LogP contribution in [0.15, 0.2) is 16.6 Å². The van der Waals surface area contributed by atoms with Crippen LogP contribution in [0.5, 0.6) is 0 Å². The van der Waals surface area contributed by atoms with Crippen molar-refractivity contribution in [2.45, 2.75) is 25.8 Å². The Morgan fingerprint density at radius 1 is 1.29 bits per heavy atom. The van der Waals surface area contributed by atoms with E-state index in [0.717, 1.165) is 28.3 Å². The van der Waals surface area contributed by atoms with Gasteiger partial charge in [-0.2, -0.15) is 5.10 Å². The zero-order valence-corrected chi connectivity index (χ0v) is 13.2. The molecule has 0 fully saturated rings. The number of hydrogen-bond donors (Lipinski definition) is 1. The average molecular weight is 362 g/mol. The van der Waals surface area contributed by atoms with Crippen LogP contribution >= 0.6 is 15.9 Å². The molecule has 2 rings (SSSR count). The third kappa shape index (κ3) is 2.98. The van der Waals surface area contributed by atoms with Crippen LogP contribution in [0.25, 0.3) is 0 Å². The van der Waals surface area contributed by atoms with E-state index < -0.39 is 23.5 Å². The zero-order chi connectivity index (χ0) is 15.7. The molecule has 1 atom stereocenters. The number of rotatable bonds is 4. The lowest BCUT2D eigenvalue weighted by Crippen LogP contribution is -2.18. The van der Waals surface area contributed by atoms with E-state index in [2.05, 4.69) is 21.0 Å². The van der Waals surface area contributed by atoms with Gasteiger partial charge in [0.2, 0.25) is 0 Å². The Balaban J connectivity index is 2.33. The van der Waals surface area contributed by atoms with Crippen LogP contribution in [0.2, 0.25) is 0 Å². The van der Waals surface area contributed by atoms with Crippen molar-refractivity contribution in [3.63, 3.8) is 0 Å². The summed E-state index contributed by atoms with van der Waals surface area (Å²) in [5.74, 6) is -3.96. The van der Waals surface area contributed by atoms with E-state index in [0.29, 0.717) is 0 Å². The number of benzene rings is 1. The number of nitrogens with zero attached hydrogens (tertiary/aromatic N) is 2. The quantitative estimate of drug-likeness (QED) is 0.848. The molecule has 0 aliphatic heterocycles. The van der Waals surface area contributed by atoms with E-state index in [1.165, 1.54) is 6.07 Å². The molecule has 1 unspecified atom stereocenters. The van der Waals surface area contributed by atoms with Crippen LogP contribution in [0.1, 0.15) is 29.9 Å². The Bertz CT molecular complexity index is 670. The highest BCUT2D eigenvalue weighted by molar-refractivity contribution is 9.10. The summed E-state index contributed by atoms with van der Waals surface area (Å²) >= 11 is 3.44. The van der Waals surface area contributed by atoms with Gasteiger partial charge in [0.15, 0.2) is 17.5 Å². The summed E-state index contributed by atoms with van der Waals surface area (Å²) < 4.78 is 42.4. The predicted molar refractivity (Wildman–Crippen MR) is 77.2 cm³/mol. The van der Waals surface area contributed by atoms with Crippen LogP contribution in [0.3, 0.4) is 0 Å². The van der Waals surface area contributed by atoms with E-state index >= 15 is 0 Å². The summed E-state index contributed by atoms with van der Waals surface area (Å²) in [4.78, 5) is 0. The second-order valence-electron chi connectivity index (χ2n) is 4.76. The minimum atomic E-state index is -1.50. The molecule has 3 nitrogen and oxygen atoms in total. The summed E-state index contributed by atoms with van der Waals surface area (Å²) in [6.45, 7) is 1.96. The smallest absolute Gasteiger partial charge is 0.194 e. The molecule has 2 aromatic rings. The summed E-state index contributed by atoms with van der Waals surface area (Å²) in [5, 5.41) is 4.32. The third-order valence-corrected chi connectivity index (χ3v) is 4.30. The average Bonchev–Trinajstić information content (AvgIpc) is 2.72. The standard InChI is InChI=1S/C14H15BrF3N3/c1-3-10-12(15)11(21(2)20-10)6-9(19)7-4-5-8(16)14(18)13(7)17/h4-5,9H,3,6,19H2,1-2H3. The fourth-order valence-electron chi connectivity index (χ4n) is 2.19. The second kappa shape index (κ2) is 6.19. The zero-order valence-electron chi connectivity index (χ0n) is 11.6. The van der Waals surface area contributed by atoms with Gasteiger partial charge in [-0.15, -0.1) is 0 Å². The van der Waals surface area contributed by atoms with Gasteiger partial charge in [-0.1, -0.05) is 13.0 Å². The van der Waals surface area contributed by atoms with Crippen LogP contribution < -0.4 is 5.73 Å². The number of aromatic nitrogens is 2. The van der Waals surface area contributed by atoms with Gasteiger partial charge in [0, 0.05) is 25.1 Å². The van der Waals surface area contributed by atoms with E-state index in [1.54, 1.807) is 11.7 Å². The molecule has 0 aliphatic carbocycles. The molecule has 2 N–H and O–H groups in total. The van der Waals surface area contributed by atoms with Crippen molar-refractivity contribution >= 4 is 15.9 Å². The summed E-state index contributed by atoms with van der Waals surface area (Å²) in [7, 11) is 1.76. The van der Waals surface area contributed by atoms with Crippen molar-refractivity contribution in [1.29, 1.82) is 0 Å². The molecule has 114 valence electrons. The van der Waals surface area contributed by atoms with Crippen molar-refractivity contribution in [1.82, 2.24) is 9.78 Å². The number of hydrogen-bond acceptors (Lipinski definition) is 2. The molecular weight excluding hydrogens is 347 g/mol. The molecule has 0 aliphatic rings. The molecule has 0 amide bonds. The highest BCUT2D eigenvalue weighted by Crippen LogP contribution is 2.27. The molecule has 0 spiro atoms. The van der Waals surface area contributed by atoms with Crippen molar-refractivity contribution in [3.8, 4) is 0 Å². The largest absolute Gasteiger partial charge is 0.324 e. The molecule has 1 aromatic heterocycles. The minimum Gasteiger partial charge on any atom is -0.324 e. The topological polar surface area (TPSA) is 43.8 Å².